The Labute approximate surface area is 154 Å². The topological polar surface area (TPSA) is 53.3 Å². The number of hydrogen-bond donors (Lipinski definition) is 0. The molecule has 4 fully saturated rings. The van der Waals surface area contributed by atoms with Crippen molar-refractivity contribution in [1.29, 1.82) is 0 Å². The van der Waals surface area contributed by atoms with Crippen molar-refractivity contribution in [2.24, 2.45) is 0 Å². The Bertz CT molecular complexity index is 580. The largest absolute Gasteiger partial charge is 0.372 e. The van der Waals surface area contributed by atoms with Crippen molar-refractivity contribution in [3.8, 4) is 0 Å². The molecule has 142 valence electrons. The molecule has 4 unspecified atom stereocenters. The van der Waals surface area contributed by atoms with E-state index in [9.17, 15) is 0 Å². The van der Waals surface area contributed by atoms with Crippen LogP contribution in [0.25, 0.3) is 0 Å². The van der Waals surface area contributed by atoms with Gasteiger partial charge < -0.3 is 23.8 Å². The quantitative estimate of drug-likeness (QED) is 0.554. The molecule has 0 saturated carbocycles. The molecule has 4 saturated heterocycles. The third-order valence-electron chi connectivity index (χ3n) is 5.56. The van der Waals surface area contributed by atoms with Crippen LogP contribution in [-0.4, -0.2) is 82.0 Å². The van der Waals surface area contributed by atoms with E-state index in [-0.39, 0.29) is 0 Å². The van der Waals surface area contributed by atoms with E-state index < -0.39 is 0 Å². The summed E-state index contributed by atoms with van der Waals surface area (Å²) in [4.78, 5) is 4.84. The summed E-state index contributed by atoms with van der Waals surface area (Å²) in [5.74, 6) is 0. The Morgan fingerprint density at radius 3 is 1.88 bits per heavy atom. The molecular weight excluding hydrogens is 332 g/mol. The first-order valence-electron chi connectivity index (χ1n) is 9.88. The maximum Gasteiger partial charge on any atom is 0.112 e. The van der Waals surface area contributed by atoms with E-state index in [4.69, 9.17) is 18.9 Å². The number of benzene rings is 1. The zero-order valence-corrected chi connectivity index (χ0v) is 15.2. The molecule has 6 heteroatoms. The summed E-state index contributed by atoms with van der Waals surface area (Å²) < 4.78 is 21.9. The van der Waals surface area contributed by atoms with Crippen LogP contribution >= 0.6 is 0 Å². The van der Waals surface area contributed by atoms with Crippen LogP contribution in [0.15, 0.2) is 24.3 Å². The second-order valence-electron chi connectivity index (χ2n) is 7.80. The van der Waals surface area contributed by atoms with E-state index in [0.29, 0.717) is 24.5 Å². The molecule has 0 bridgehead atoms. The molecule has 0 radical (unpaired) electrons. The van der Waals surface area contributed by atoms with Gasteiger partial charge in [0.1, 0.15) is 6.23 Å². The fourth-order valence-corrected chi connectivity index (χ4v) is 3.57. The van der Waals surface area contributed by atoms with E-state index in [1.165, 1.54) is 11.3 Å². The van der Waals surface area contributed by atoms with Gasteiger partial charge in [-0.05, 0) is 24.1 Å². The van der Waals surface area contributed by atoms with Crippen LogP contribution in [0, 0.1) is 0 Å². The zero-order valence-electron chi connectivity index (χ0n) is 15.2. The van der Waals surface area contributed by atoms with Gasteiger partial charge in [0.25, 0.3) is 0 Å². The fourth-order valence-electron chi connectivity index (χ4n) is 3.57. The lowest BCUT2D eigenvalue weighted by molar-refractivity contribution is -0.145. The summed E-state index contributed by atoms with van der Waals surface area (Å²) in [6, 6.07) is 9.01. The van der Waals surface area contributed by atoms with Crippen LogP contribution in [0.5, 0.6) is 0 Å². The van der Waals surface area contributed by atoms with Gasteiger partial charge in [0.2, 0.25) is 0 Å². The van der Waals surface area contributed by atoms with Crippen molar-refractivity contribution in [2.75, 3.05) is 57.5 Å². The van der Waals surface area contributed by atoms with Crippen LogP contribution in [0.2, 0.25) is 0 Å². The van der Waals surface area contributed by atoms with Crippen LogP contribution in [0.3, 0.4) is 0 Å². The highest BCUT2D eigenvalue weighted by molar-refractivity contribution is 5.48. The summed E-state index contributed by atoms with van der Waals surface area (Å²) in [7, 11) is 0. The zero-order chi connectivity index (χ0) is 17.3. The van der Waals surface area contributed by atoms with E-state index in [1.807, 2.05) is 0 Å². The molecule has 0 aromatic heterocycles. The van der Waals surface area contributed by atoms with Crippen molar-refractivity contribution in [2.45, 2.75) is 37.4 Å². The minimum Gasteiger partial charge on any atom is -0.372 e. The van der Waals surface area contributed by atoms with Gasteiger partial charge in [-0.2, -0.15) is 0 Å². The number of rotatable bonds is 11. The molecule has 4 aliphatic rings. The first-order chi connectivity index (χ1) is 12.8. The number of ether oxygens (including phenoxy) is 4. The number of hydrogen-bond acceptors (Lipinski definition) is 6. The molecule has 0 amide bonds. The van der Waals surface area contributed by atoms with Gasteiger partial charge >= 0.3 is 0 Å². The first kappa shape index (κ1) is 17.0. The standard InChI is InChI=1S/C20H28N2O4/c1-3-16(22(10-18-13-25-18)11-19-14-26-19)4-2-15(1)5-7-21(9-17-12-24-17)20-6-8-23-20/h1-4,17-20H,5-14H2. The summed E-state index contributed by atoms with van der Waals surface area (Å²) in [5.41, 5.74) is 2.64. The summed E-state index contributed by atoms with van der Waals surface area (Å²) in [6.07, 6.45) is 3.70. The third-order valence-corrected chi connectivity index (χ3v) is 5.56. The SMILES string of the molecule is c1cc(N(CC2CO2)CC2CO2)ccc1CCN(CC1CO1)C1CCO1. The molecule has 5 rings (SSSR count). The Morgan fingerprint density at radius 2 is 1.38 bits per heavy atom. The van der Waals surface area contributed by atoms with Crippen molar-refractivity contribution >= 4 is 5.69 Å². The highest BCUT2D eigenvalue weighted by atomic mass is 16.6. The average Bonchev–Trinajstić information content (AvgIpc) is 3.41. The van der Waals surface area contributed by atoms with Crippen molar-refractivity contribution < 1.29 is 18.9 Å². The van der Waals surface area contributed by atoms with E-state index in [0.717, 1.165) is 65.4 Å². The predicted octanol–water partition coefficient (Wildman–Crippen LogP) is 1.28. The fraction of sp³-hybridized carbons (Fsp3) is 0.700. The molecule has 4 atom stereocenters. The van der Waals surface area contributed by atoms with Gasteiger partial charge in [-0.3, -0.25) is 4.90 Å². The molecule has 0 aliphatic carbocycles. The highest BCUT2D eigenvalue weighted by Crippen LogP contribution is 2.24. The van der Waals surface area contributed by atoms with Gasteiger partial charge in [-0.15, -0.1) is 0 Å². The van der Waals surface area contributed by atoms with Crippen LogP contribution < -0.4 is 4.90 Å². The second kappa shape index (κ2) is 7.44. The molecule has 0 N–H and O–H groups in total. The molecule has 1 aromatic rings. The third kappa shape index (κ3) is 4.56. The molecule has 0 spiro atoms. The Kier molecular flexibility index (Phi) is 4.85. The molecular formula is C20H28N2O4. The molecule has 4 aliphatic heterocycles. The monoisotopic (exact) mass is 360 g/mol. The van der Waals surface area contributed by atoms with Crippen molar-refractivity contribution in [3.05, 3.63) is 29.8 Å². The maximum absolute atomic E-state index is 5.69. The van der Waals surface area contributed by atoms with Crippen LogP contribution in [-0.2, 0) is 25.4 Å². The lowest BCUT2D eigenvalue weighted by Gasteiger charge is -2.37. The molecule has 6 nitrogen and oxygen atoms in total. The minimum atomic E-state index is 0.297. The first-order valence-corrected chi connectivity index (χ1v) is 9.88. The summed E-state index contributed by atoms with van der Waals surface area (Å²) in [5, 5.41) is 0. The second-order valence-corrected chi connectivity index (χ2v) is 7.80. The molecule has 1 aromatic carbocycles. The van der Waals surface area contributed by atoms with E-state index in [2.05, 4.69) is 34.1 Å². The highest BCUT2D eigenvalue weighted by Gasteiger charge is 2.33. The van der Waals surface area contributed by atoms with Gasteiger partial charge in [-0.25, -0.2) is 0 Å². The number of nitrogens with zero attached hydrogens (tertiary/aromatic N) is 2. The summed E-state index contributed by atoms with van der Waals surface area (Å²) >= 11 is 0. The molecule has 26 heavy (non-hydrogen) atoms. The predicted molar refractivity (Wildman–Crippen MR) is 97.5 cm³/mol. The van der Waals surface area contributed by atoms with E-state index >= 15 is 0 Å². The molecule has 4 heterocycles. The average molecular weight is 360 g/mol. The van der Waals surface area contributed by atoms with Gasteiger partial charge in [0.15, 0.2) is 0 Å². The smallest absolute Gasteiger partial charge is 0.112 e. The number of epoxide rings is 3. The van der Waals surface area contributed by atoms with Crippen LogP contribution in [0.4, 0.5) is 5.69 Å². The van der Waals surface area contributed by atoms with Gasteiger partial charge in [-0.1, -0.05) is 12.1 Å². The van der Waals surface area contributed by atoms with Crippen LogP contribution in [0.1, 0.15) is 12.0 Å². The van der Waals surface area contributed by atoms with Gasteiger partial charge in [0.05, 0.1) is 44.7 Å². The Hall–Kier alpha value is -1.18. The minimum absolute atomic E-state index is 0.297. The Balaban J connectivity index is 1.16. The van der Waals surface area contributed by atoms with Crippen molar-refractivity contribution in [1.82, 2.24) is 4.90 Å². The van der Waals surface area contributed by atoms with Crippen molar-refractivity contribution in [3.63, 3.8) is 0 Å². The summed E-state index contributed by atoms with van der Waals surface area (Å²) in [6.45, 7) is 7.54. The lowest BCUT2D eigenvalue weighted by atomic mass is 10.1. The Morgan fingerprint density at radius 1 is 0.808 bits per heavy atom. The maximum atomic E-state index is 5.69. The lowest BCUT2D eigenvalue weighted by Crippen LogP contribution is -2.47. The number of anilines is 1. The van der Waals surface area contributed by atoms with Gasteiger partial charge in [0, 0.05) is 38.3 Å². The normalized spacial score (nSPS) is 31.6. The van der Waals surface area contributed by atoms with E-state index in [1.54, 1.807) is 0 Å².